The van der Waals surface area contributed by atoms with E-state index in [0.29, 0.717) is 39.1 Å². The molecule has 3 aliphatic rings. The standard InChI is InChI=1S/C16H27N3O6/c1-3-17-16(22)18-11-10-8-24-15(25-10)12(13(11)20)19-6-4-9(5-7-19)14(21)23-2/h9-13,15,20H,3-8H2,1-2H3,(H2,17,18,22)/t10-,11-,12-,13+,15-/m1/s1. The number of nitrogens with one attached hydrogen (secondary N) is 2. The Bertz CT molecular complexity index is 496. The van der Waals surface area contributed by atoms with Crippen LogP contribution in [-0.4, -0.2) is 85.9 Å². The van der Waals surface area contributed by atoms with Crippen molar-refractivity contribution in [1.82, 2.24) is 15.5 Å². The number of hydrogen-bond acceptors (Lipinski definition) is 7. The van der Waals surface area contributed by atoms with E-state index in [9.17, 15) is 14.7 Å². The van der Waals surface area contributed by atoms with Crippen molar-refractivity contribution in [2.75, 3.05) is 33.4 Å². The molecule has 0 spiro atoms. The fourth-order valence-electron chi connectivity index (χ4n) is 3.93. The summed E-state index contributed by atoms with van der Waals surface area (Å²) in [6.07, 6.45) is -0.335. The maximum Gasteiger partial charge on any atom is 0.315 e. The van der Waals surface area contributed by atoms with Crippen LogP contribution >= 0.6 is 0 Å². The minimum absolute atomic E-state index is 0.107. The minimum atomic E-state index is -0.802. The molecule has 3 fully saturated rings. The number of aliphatic hydroxyl groups excluding tert-OH is 1. The number of ether oxygens (including phenoxy) is 3. The molecule has 0 aromatic heterocycles. The second kappa shape index (κ2) is 7.86. The first-order valence-electron chi connectivity index (χ1n) is 8.86. The summed E-state index contributed by atoms with van der Waals surface area (Å²) in [6, 6.07) is -1.23. The summed E-state index contributed by atoms with van der Waals surface area (Å²) in [4.78, 5) is 25.6. The number of carbonyl (C=O) groups is 2. The second-order valence-corrected chi connectivity index (χ2v) is 6.72. The van der Waals surface area contributed by atoms with Crippen LogP contribution < -0.4 is 10.6 Å². The first-order valence-corrected chi connectivity index (χ1v) is 8.86. The predicted molar refractivity (Wildman–Crippen MR) is 86.7 cm³/mol. The van der Waals surface area contributed by atoms with Crippen molar-refractivity contribution >= 4 is 12.0 Å². The lowest BCUT2D eigenvalue weighted by Gasteiger charge is -2.45. The molecule has 142 valence electrons. The lowest BCUT2D eigenvalue weighted by atomic mass is 9.91. The van der Waals surface area contributed by atoms with Gasteiger partial charge in [-0.3, -0.25) is 9.69 Å². The van der Waals surface area contributed by atoms with E-state index in [-0.39, 0.29) is 30.1 Å². The van der Waals surface area contributed by atoms with Crippen molar-refractivity contribution in [1.29, 1.82) is 0 Å². The van der Waals surface area contributed by atoms with E-state index < -0.39 is 18.4 Å². The first kappa shape index (κ1) is 18.4. The molecule has 3 N–H and O–H groups in total. The summed E-state index contributed by atoms with van der Waals surface area (Å²) < 4.78 is 16.4. The van der Waals surface area contributed by atoms with Gasteiger partial charge in [-0.1, -0.05) is 0 Å². The van der Waals surface area contributed by atoms with E-state index in [1.165, 1.54) is 7.11 Å². The number of nitrogens with zero attached hydrogens (tertiary/aromatic N) is 1. The maximum atomic E-state index is 11.9. The Morgan fingerprint density at radius 2 is 2.04 bits per heavy atom. The first-order chi connectivity index (χ1) is 12.0. The molecule has 3 saturated heterocycles. The van der Waals surface area contributed by atoms with Gasteiger partial charge in [0.2, 0.25) is 0 Å². The molecule has 25 heavy (non-hydrogen) atoms. The van der Waals surface area contributed by atoms with Gasteiger partial charge in [-0.2, -0.15) is 0 Å². The molecule has 5 atom stereocenters. The lowest BCUT2D eigenvalue weighted by molar-refractivity contribution is -0.185. The highest BCUT2D eigenvalue weighted by Gasteiger charge is 2.53. The summed E-state index contributed by atoms with van der Waals surface area (Å²) in [7, 11) is 1.40. The molecular weight excluding hydrogens is 330 g/mol. The van der Waals surface area contributed by atoms with Crippen LogP contribution in [0, 0.1) is 5.92 Å². The number of amides is 2. The Balaban J connectivity index is 1.65. The Hall–Kier alpha value is -1.42. The van der Waals surface area contributed by atoms with E-state index >= 15 is 0 Å². The Morgan fingerprint density at radius 1 is 1.32 bits per heavy atom. The maximum absolute atomic E-state index is 11.9. The van der Waals surface area contributed by atoms with Gasteiger partial charge in [0.25, 0.3) is 0 Å². The molecule has 2 bridgehead atoms. The minimum Gasteiger partial charge on any atom is -0.469 e. The van der Waals surface area contributed by atoms with Crippen molar-refractivity contribution in [2.45, 2.75) is 50.3 Å². The normalized spacial score (nSPS) is 36.0. The number of carbonyl (C=O) groups excluding carboxylic acids is 2. The average Bonchev–Trinajstić information content (AvgIpc) is 3.04. The van der Waals surface area contributed by atoms with Crippen molar-refractivity contribution in [2.24, 2.45) is 5.92 Å². The summed E-state index contributed by atoms with van der Waals surface area (Å²) in [6.45, 7) is 3.96. The molecule has 0 aliphatic carbocycles. The zero-order chi connectivity index (χ0) is 18.0. The molecular formula is C16H27N3O6. The molecule has 0 radical (unpaired) electrons. The van der Waals surface area contributed by atoms with Gasteiger partial charge < -0.3 is 30.0 Å². The smallest absolute Gasteiger partial charge is 0.315 e. The van der Waals surface area contributed by atoms with E-state index in [1.807, 2.05) is 6.92 Å². The SMILES string of the molecule is CCNC(=O)N[C@H]1[C@H](O)[C@@H](N2CCC(C(=O)OC)CC2)[C@@H]2OC[C@H]1O2. The van der Waals surface area contributed by atoms with Crippen LogP contribution in [0.4, 0.5) is 4.79 Å². The van der Waals surface area contributed by atoms with Crippen LogP contribution in [0.1, 0.15) is 19.8 Å². The van der Waals surface area contributed by atoms with Gasteiger partial charge in [0.15, 0.2) is 6.29 Å². The lowest BCUT2D eigenvalue weighted by Crippen LogP contribution is -2.66. The van der Waals surface area contributed by atoms with Crippen molar-refractivity contribution in [3.63, 3.8) is 0 Å². The van der Waals surface area contributed by atoms with E-state index in [1.54, 1.807) is 0 Å². The third kappa shape index (κ3) is 3.74. The highest BCUT2D eigenvalue weighted by atomic mass is 16.7. The fraction of sp³-hybridized carbons (Fsp3) is 0.875. The number of fused-ring (bicyclic) bond motifs is 2. The van der Waals surface area contributed by atoms with E-state index in [4.69, 9.17) is 14.2 Å². The summed E-state index contributed by atoms with van der Waals surface area (Å²) in [5, 5.41) is 16.3. The molecule has 3 rings (SSSR count). The van der Waals surface area contributed by atoms with Crippen LogP contribution in [0.3, 0.4) is 0 Å². The number of esters is 1. The molecule has 9 heteroatoms. The monoisotopic (exact) mass is 357 g/mol. The third-order valence-corrected chi connectivity index (χ3v) is 5.25. The van der Waals surface area contributed by atoms with Gasteiger partial charge in [0.1, 0.15) is 6.10 Å². The number of urea groups is 1. The zero-order valence-corrected chi connectivity index (χ0v) is 14.6. The highest BCUT2D eigenvalue weighted by Crippen LogP contribution is 2.33. The van der Waals surface area contributed by atoms with Crippen LogP contribution in [-0.2, 0) is 19.0 Å². The van der Waals surface area contributed by atoms with Crippen LogP contribution in [0.25, 0.3) is 0 Å². The van der Waals surface area contributed by atoms with Crippen molar-refractivity contribution in [3.05, 3.63) is 0 Å². The van der Waals surface area contributed by atoms with Gasteiger partial charge in [0, 0.05) is 6.54 Å². The fourth-order valence-corrected chi connectivity index (χ4v) is 3.93. The van der Waals surface area contributed by atoms with Crippen LogP contribution in [0.2, 0.25) is 0 Å². The molecule has 0 aromatic carbocycles. The van der Waals surface area contributed by atoms with Gasteiger partial charge >= 0.3 is 12.0 Å². The Labute approximate surface area is 147 Å². The van der Waals surface area contributed by atoms with Gasteiger partial charge in [-0.25, -0.2) is 4.79 Å². The van der Waals surface area contributed by atoms with Crippen molar-refractivity contribution < 1.29 is 28.9 Å². The molecule has 3 heterocycles. The molecule has 9 nitrogen and oxygen atoms in total. The molecule has 2 amide bonds. The quantitative estimate of drug-likeness (QED) is 0.556. The largest absolute Gasteiger partial charge is 0.469 e. The average molecular weight is 357 g/mol. The number of rotatable bonds is 4. The number of aliphatic hydroxyl groups is 1. The third-order valence-electron chi connectivity index (χ3n) is 5.25. The number of likely N-dealkylation sites (tertiary alicyclic amines) is 1. The summed E-state index contributed by atoms with van der Waals surface area (Å²) >= 11 is 0. The van der Waals surface area contributed by atoms with E-state index in [2.05, 4.69) is 15.5 Å². The van der Waals surface area contributed by atoms with E-state index in [0.717, 1.165) is 0 Å². The van der Waals surface area contributed by atoms with Crippen molar-refractivity contribution in [3.8, 4) is 0 Å². The zero-order valence-electron chi connectivity index (χ0n) is 14.6. The summed E-state index contributed by atoms with van der Waals surface area (Å²) in [5.41, 5.74) is 0. The van der Waals surface area contributed by atoms with Crippen LogP contribution in [0.5, 0.6) is 0 Å². The predicted octanol–water partition coefficient (Wildman–Crippen LogP) is -0.956. The number of piperidine rings is 1. The Morgan fingerprint density at radius 3 is 2.68 bits per heavy atom. The van der Waals surface area contributed by atoms with Gasteiger partial charge in [0.05, 0.1) is 37.8 Å². The van der Waals surface area contributed by atoms with Gasteiger partial charge in [-0.05, 0) is 32.9 Å². The Kier molecular flexibility index (Phi) is 5.78. The molecule has 3 aliphatic heterocycles. The topological polar surface area (TPSA) is 109 Å². The molecule has 0 unspecified atom stereocenters. The molecule has 0 aromatic rings. The highest BCUT2D eigenvalue weighted by molar-refractivity contribution is 5.74. The van der Waals surface area contributed by atoms with Crippen LogP contribution in [0.15, 0.2) is 0 Å². The molecule has 0 saturated carbocycles. The second-order valence-electron chi connectivity index (χ2n) is 6.72. The van der Waals surface area contributed by atoms with Gasteiger partial charge in [-0.15, -0.1) is 0 Å². The number of hydrogen-bond donors (Lipinski definition) is 3. The number of methoxy groups -OCH3 is 1. The summed E-state index contributed by atoms with van der Waals surface area (Å²) in [5.74, 6) is -0.294.